The lowest BCUT2D eigenvalue weighted by atomic mass is 10.2. The van der Waals surface area contributed by atoms with Gasteiger partial charge < -0.3 is 10.2 Å². The molecule has 0 spiro atoms. The monoisotopic (exact) mass is 385 g/mol. The van der Waals surface area contributed by atoms with Gasteiger partial charge in [-0.05, 0) is 35.1 Å². The maximum Gasteiger partial charge on any atom is 0.283 e. The van der Waals surface area contributed by atoms with E-state index in [9.17, 15) is 14.9 Å². The molecule has 9 heteroatoms. The fraction of sp³-hybridized carbons (Fsp3) is 0.364. The molecule has 0 aliphatic heterocycles. The molecule has 0 saturated heterocycles. The van der Waals surface area contributed by atoms with E-state index >= 15 is 0 Å². The highest BCUT2D eigenvalue weighted by Crippen LogP contribution is 2.29. The van der Waals surface area contributed by atoms with Gasteiger partial charge in [0.15, 0.2) is 0 Å². The predicted octanol–water partition coefficient (Wildman–Crippen LogP) is 2.57. The van der Waals surface area contributed by atoms with Crippen LogP contribution in [0.25, 0.3) is 0 Å². The van der Waals surface area contributed by atoms with E-state index in [1.54, 1.807) is 7.05 Å². The van der Waals surface area contributed by atoms with Crippen molar-refractivity contribution in [1.82, 2.24) is 5.32 Å². The zero-order valence-corrected chi connectivity index (χ0v) is 13.8. The third-order valence-electron chi connectivity index (χ3n) is 2.44. The van der Waals surface area contributed by atoms with E-state index in [0.29, 0.717) is 23.2 Å². The van der Waals surface area contributed by atoms with Crippen LogP contribution in [-0.4, -0.2) is 36.8 Å². The van der Waals surface area contributed by atoms with Gasteiger partial charge in [0.2, 0.25) is 5.91 Å². The maximum absolute atomic E-state index is 11.8. The Balaban J connectivity index is 0.00000361. The molecule has 1 aromatic rings. The van der Waals surface area contributed by atoms with Crippen LogP contribution in [0.2, 0.25) is 0 Å². The Bertz CT molecular complexity index is 488. The Labute approximate surface area is 136 Å². The van der Waals surface area contributed by atoms with Gasteiger partial charge in [0.05, 0.1) is 9.40 Å². The average Bonchev–Trinajstić information content (AvgIpc) is 2.38. The van der Waals surface area contributed by atoms with Gasteiger partial charge in [-0.3, -0.25) is 14.9 Å². The highest BCUT2D eigenvalue weighted by atomic mass is 79.9. The van der Waals surface area contributed by atoms with Crippen molar-refractivity contribution in [1.29, 1.82) is 0 Å². The first-order chi connectivity index (χ1) is 9.01. The van der Waals surface area contributed by atoms with E-state index in [2.05, 4.69) is 21.2 Å². The largest absolute Gasteiger partial charge is 0.318 e. The van der Waals surface area contributed by atoms with Crippen molar-refractivity contribution >= 4 is 57.2 Å². The van der Waals surface area contributed by atoms with E-state index in [1.807, 2.05) is 0 Å². The summed E-state index contributed by atoms with van der Waals surface area (Å²) in [6.07, 6.45) is 0. The van der Waals surface area contributed by atoms with Crippen LogP contribution in [0, 0.1) is 10.1 Å². The second-order valence-corrected chi connectivity index (χ2v) is 4.80. The molecule has 0 heterocycles. The summed E-state index contributed by atoms with van der Waals surface area (Å²) in [5.41, 5.74) is 0.522. The molecule has 1 aromatic carbocycles. The molecular formula is C11H14BrCl2N3O3. The van der Waals surface area contributed by atoms with Crippen molar-refractivity contribution in [3.05, 3.63) is 32.8 Å². The quantitative estimate of drug-likeness (QED) is 0.463. The van der Waals surface area contributed by atoms with Gasteiger partial charge in [-0.25, -0.2) is 0 Å². The molecule has 0 aromatic heterocycles. The van der Waals surface area contributed by atoms with Gasteiger partial charge in [0.25, 0.3) is 5.69 Å². The molecule has 20 heavy (non-hydrogen) atoms. The van der Waals surface area contributed by atoms with E-state index in [4.69, 9.17) is 11.6 Å². The van der Waals surface area contributed by atoms with E-state index in [1.165, 1.54) is 23.1 Å². The lowest BCUT2D eigenvalue weighted by molar-refractivity contribution is -0.385. The van der Waals surface area contributed by atoms with Crippen molar-refractivity contribution in [3.63, 3.8) is 0 Å². The zero-order valence-electron chi connectivity index (χ0n) is 10.6. The zero-order chi connectivity index (χ0) is 14.4. The van der Waals surface area contributed by atoms with Crippen LogP contribution in [0.5, 0.6) is 0 Å². The minimum Gasteiger partial charge on any atom is -0.318 e. The van der Waals surface area contributed by atoms with Gasteiger partial charge in [-0.15, -0.1) is 24.0 Å². The number of alkyl halides is 1. The lowest BCUT2D eigenvalue weighted by Crippen LogP contribution is -2.37. The van der Waals surface area contributed by atoms with Gasteiger partial charge >= 0.3 is 0 Å². The van der Waals surface area contributed by atoms with Crippen molar-refractivity contribution in [2.45, 2.75) is 0 Å². The molecule has 0 fully saturated rings. The molecule has 0 saturated carbocycles. The van der Waals surface area contributed by atoms with E-state index < -0.39 is 4.92 Å². The number of carbonyl (C=O) groups is 1. The lowest BCUT2D eigenvalue weighted by Gasteiger charge is -2.22. The van der Waals surface area contributed by atoms with Crippen LogP contribution >= 0.6 is 39.9 Å². The van der Waals surface area contributed by atoms with Crippen LogP contribution < -0.4 is 10.2 Å². The summed E-state index contributed by atoms with van der Waals surface area (Å²) in [5.74, 6) is -0.393. The molecule has 6 nitrogen and oxygen atoms in total. The van der Waals surface area contributed by atoms with E-state index in [0.717, 1.165) is 0 Å². The third-order valence-corrected chi connectivity index (χ3v) is 3.30. The van der Waals surface area contributed by atoms with Crippen LogP contribution in [0.3, 0.4) is 0 Å². The van der Waals surface area contributed by atoms with Gasteiger partial charge in [0.1, 0.15) is 5.88 Å². The summed E-state index contributed by atoms with van der Waals surface area (Å²) in [7, 11) is 1.77. The van der Waals surface area contributed by atoms with Crippen molar-refractivity contribution in [2.75, 3.05) is 30.9 Å². The van der Waals surface area contributed by atoms with Gasteiger partial charge in [-0.1, -0.05) is 0 Å². The Morgan fingerprint density at radius 1 is 1.55 bits per heavy atom. The summed E-state index contributed by atoms with van der Waals surface area (Å²) in [6.45, 7) is 1.03. The number of likely N-dealkylation sites (N-methyl/N-ethyl adjacent to an activating group) is 1. The Morgan fingerprint density at radius 3 is 2.65 bits per heavy atom. The number of nitro benzene ring substituents is 1. The Morgan fingerprint density at radius 2 is 2.20 bits per heavy atom. The van der Waals surface area contributed by atoms with Crippen LogP contribution in [0.1, 0.15) is 0 Å². The number of nitro groups is 1. The van der Waals surface area contributed by atoms with Crippen LogP contribution in [-0.2, 0) is 4.79 Å². The maximum atomic E-state index is 11.8. The second kappa shape index (κ2) is 9.12. The van der Waals surface area contributed by atoms with Crippen LogP contribution in [0.15, 0.2) is 22.7 Å². The van der Waals surface area contributed by atoms with Crippen molar-refractivity contribution in [3.8, 4) is 0 Å². The molecule has 112 valence electrons. The number of benzene rings is 1. The molecule has 0 radical (unpaired) electrons. The topological polar surface area (TPSA) is 75.5 Å². The second-order valence-electron chi connectivity index (χ2n) is 3.68. The Hall–Kier alpha value is -0.890. The summed E-state index contributed by atoms with van der Waals surface area (Å²) in [4.78, 5) is 23.5. The first-order valence-electron chi connectivity index (χ1n) is 5.46. The number of hydrogen-bond acceptors (Lipinski definition) is 4. The SMILES string of the molecule is CNCCN(C(=O)CCl)c1ccc([N+](=O)[O-])c(Br)c1.Cl. The molecule has 1 amide bonds. The molecule has 0 atom stereocenters. The van der Waals surface area contributed by atoms with Gasteiger partial charge in [0, 0.05) is 24.8 Å². The van der Waals surface area contributed by atoms with Crippen LogP contribution in [0.4, 0.5) is 11.4 Å². The molecule has 0 aliphatic rings. The molecule has 0 aliphatic carbocycles. The smallest absolute Gasteiger partial charge is 0.283 e. The number of hydrogen-bond donors (Lipinski definition) is 1. The molecule has 1 rings (SSSR count). The number of halogens is 3. The minimum atomic E-state index is -0.491. The fourth-order valence-corrected chi connectivity index (χ4v) is 2.16. The minimum absolute atomic E-state index is 0. The summed E-state index contributed by atoms with van der Waals surface area (Å²) in [6, 6.07) is 4.43. The number of anilines is 1. The van der Waals surface area contributed by atoms with E-state index in [-0.39, 0.29) is 29.9 Å². The predicted molar refractivity (Wildman–Crippen MR) is 85.0 cm³/mol. The highest BCUT2D eigenvalue weighted by Gasteiger charge is 2.18. The molecule has 1 N–H and O–H groups in total. The highest BCUT2D eigenvalue weighted by molar-refractivity contribution is 9.10. The number of amides is 1. The Kier molecular flexibility index (Phi) is 8.71. The summed E-state index contributed by atoms with van der Waals surface area (Å²) >= 11 is 8.69. The molecule has 0 unspecified atom stereocenters. The average molecular weight is 387 g/mol. The van der Waals surface area contributed by atoms with Gasteiger partial charge in [-0.2, -0.15) is 0 Å². The van der Waals surface area contributed by atoms with Crippen molar-refractivity contribution in [2.24, 2.45) is 0 Å². The molecule has 0 bridgehead atoms. The number of nitrogens with zero attached hydrogens (tertiary/aromatic N) is 2. The number of nitrogens with one attached hydrogen (secondary N) is 1. The third kappa shape index (κ3) is 4.90. The van der Waals surface area contributed by atoms with Crippen molar-refractivity contribution < 1.29 is 9.72 Å². The number of rotatable bonds is 6. The first kappa shape index (κ1) is 19.1. The standard InChI is InChI=1S/C11H13BrClN3O3.ClH/c1-14-4-5-15(11(17)7-13)8-2-3-10(16(18)19)9(12)6-8;/h2-3,6,14H,4-5,7H2,1H3;1H. The normalized spacial score (nSPS) is 9.75. The summed E-state index contributed by atoms with van der Waals surface area (Å²) in [5, 5.41) is 13.7. The molecular weight excluding hydrogens is 373 g/mol. The first-order valence-corrected chi connectivity index (χ1v) is 6.79. The fourth-order valence-electron chi connectivity index (χ4n) is 1.51. The summed E-state index contributed by atoms with van der Waals surface area (Å²) < 4.78 is 0.326. The number of carbonyl (C=O) groups excluding carboxylic acids is 1.